The van der Waals surface area contributed by atoms with Crippen molar-refractivity contribution in [2.75, 3.05) is 13.7 Å². The van der Waals surface area contributed by atoms with E-state index in [1.807, 2.05) is 0 Å². The molecule has 3 amide bonds. The number of rotatable bonds is 4. The molecule has 1 aromatic carbocycles. The van der Waals surface area contributed by atoms with Crippen LogP contribution in [0.1, 0.15) is 19.4 Å². The molecule has 1 aliphatic heterocycles. The van der Waals surface area contributed by atoms with Gasteiger partial charge in [0.05, 0.1) is 13.7 Å². The highest BCUT2D eigenvalue weighted by molar-refractivity contribution is 6.07. The fourth-order valence-corrected chi connectivity index (χ4v) is 2.44. The molecule has 7 heteroatoms. The number of nitrogens with one attached hydrogen (secondary N) is 1. The van der Waals surface area contributed by atoms with Gasteiger partial charge in [-0.05, 0) is 25.5 Å². The average molecular weight is 320 g/mol. The third kappa shape index (κ3) is 3.08. The SMILES string of the molecule is COC(=O)C=C(C)CN1C(=O)NC(C)(c2ccccc2F)C1=O. The molecule has 2 rings (SSSR count). The average Bonchev–Trinajstić information content (AvgIpc) is 2.71. The third-order valence-corrected chi connectivity index (χ3v) is 3.66. The van der Waals surface area contributed by atoms with Gasteiger partial charge < -0.3 is 10.1 Å². The predicted molar refractivity (Wildman–Crippen MR) is 79.8 cm³/mol. The van der Waals surface area contributed by atoms with E-state index in [0.717, 1.165) is 4.90 Å². The van der Waals surface area contributed by atoms with Crippen molar-refractivity contribution in [3.63, 3.8) is 0 Å². The number of methoxy groups -OCH3 is 1. The van der Waals surface area contributed by atoms with E-state index in [1.54, 1.807) is 13.0 Å². The van der Waals surface area contributed by atoms with E-state index in [2.05, 4.69) is 10.1 Å². The summed E-state index contributed by atoms with van der Waals surface area (Å²) >= 11 is 0. The van der Waals surface area contributed by atoms with Gasteiger partial charge >= 0.3 is 12.0 Å². The van der Waals surface area contributed by atoms with Crippen molar-refractivity contribution in [1.82, 2.24) is 10.2 Å². The molecule has 1 unspecified atom stereocenters. The van der Waals surface area contributed by atoms with Gasteiger partial charge in [0.1, 0.15) is 11.4 Å². The first kappa shape index (κ1) is 16.7. The first-order valence-electron chi connectivity index (χ1n) is 6.94. The molecule has 1 atom stereocenters. The standard InChI is InChI=1S/C16H17FN2O4/c1-10(8-13(20)23-3)9-19-14(21)16(2,18-15(19)22)11-6-4-5-7-12(11)17/h4-8H,9H2,1-3H3,(H,18,22). The Balaban J connectivity index is 2.28. The first-order chi connectivity index (χ1) is 10.8. The van der Waals surface area contributed by atoms with Gasteiger partial charge in [0, 0.05) is 11.6 Å². The number of esters is 1. The Morgan fingerprint density at radius 3 is 2.65 bits per heavy atom. The fourth-order valence-electron chi connectivity index (χ4n) is 2.44. The molecule has 1 fully saturated rings. The van der Waals surface area contributed by atoms with Gasteiger partial charge in [-0.2, -0.15) is 0 Å². The van der Waals surface area contributed by atoms with Gasteiger partial charge in [-0.1, -0.05) is 18.2 Å². The predicted octanol–water partition coefficient (Wildman–Crippen LogP) is 1.71. The Labute approximate surface area is 132 Å². The van der Waals surface area contributed by atoms with Crippen molar-refractivity contribution in [3.8, 4) is 0 Å². The highest BCUT2D eigenvalue weighted by Gasteiger charge is 2.50. The minimum Gasteiger partial charge on any atom is -0.466 e. The van der Waals surface area contributed by atoms with Crippen LogP contribution in [0.25, 0.3) is 0 Å². The van der Waals surface area contributed by atoms with Crippen LogP contribution >= 0.6 is 0 Å². The van der Waals surface area contributed by atoms with E-state index in [9.17, 15) is 18.8 Å². The van der Waals surface area contributed by atoms with Crippen LogP contribution in [0.15, 0.2) is 35.9 Å². The molecule has 0 aliphatic carbocycles. The molecule has 23 heavy (non-hydrogen) atoms. The van der Waals surface area contributed by atoms with Crippen LogP contribution in [0.4, 0.5) is 9.18 Å². The topological polar surface area (TPSA) is 75.7 Å². The molecule has 1 heterocycles. The first-order valence-corrected chi connectivity index (χ1v) is 6.94. The molecule has 0 bridgehead atoms. The molecule has 1 N–H and O–H groups in total. The van der Waals surface area contributed by atoms with Crippen molar-refractivity contribution in [2.24, 2.45) is 0 Å². The number of carbonyl (C=O) groups excluding carboxylic acids is 3. The molecule has 1 aromatic rings. The van der Waals surface area contributed by atoms with Crippen LogP contribution in [0.5, 0.6) is 0 Å². The lowest BCUT2D eigenvalue weighted by Gasteiger charge is -2.22. The number of ether oxygens (including phenoxy) is 1. The summed E-state index contributed by atoms with van der Waals surface area (Å²) in [5, 5.41) is 2.51. The van der Waals surface area contributed by atoms with Crippen LogP contribution in [0.3, 0.4) is 0 Å². The summed E-state index contributed by atoms with van der Waals surface area (Å²) in [7, 11) is 1.23. The van der Waals surface area contributed by atoms with Crippen molar-refractivity contribution >= 4 is 17.9 Å². The summed E-state index contributed by atoms with van der Waals surface area (Å²) in [5.74, 6) is -1.73. The number of carbonyl (C=O) groups is 3. The number of benzene rings is 1. The van der Waals surface area contributed by atoms with Crippen molar-refractivity contribution < 1.29 is 23.5 Å². The number of halogens is 1. The van der Waals surface area contributed by atoms with Gasteiger partial charge in [0.15, 0.2) is 0 Å². The van der Waals surface area contributed by atoms with Crippen molar-refractivity contribution in [2.45, 2.75) is 19.4 Å². The van der Waals surface area contributed by atoms with E-state index in [-0.39, 0.29) is 12.1 Å². The van der Waals surface area contributed by atoms with Gasteiger partial charge in [0.25, 0.3) is 5.91 Å². The van der Waals surface area contributed by atoms with E-state index >= 15 is 0 Å². The maximum absolute atomic E-state index is 14.0. The third-order valence-electron chi connectivity index (χ3n) is 3.66. The van der Waals surface area contributed by atoms with Gasteiger partial charge in [-0.25, -0.2) is 14.0 Å². The molecule has 0 spiro atoms. The monoisotopic (exact) mass is 320 g/mol. The lowest BCUT2D eigenvalue weighted by molar-refractivity contribution is -0.135. The Morgan fingerprint density at radius 2 is 2.04 bits per heavy atom. The molecule has 122 valence electrons. The van der Waals surface area contributed by atoms with Crippen LogP contribution in [0.2, 0.25) is 0 Å². The second-order valence-corrected chi connectivity index (χ2v) is 5.44. The zero-order valence-corrected chi connectivity index (χ0v) is 13.1. The summed E-state index contributed by atoms with van der Waals surface area (Å²) in [6.07, 6.45) is 1.19. The Bertz CT molecular complexity index is 701. The maximum Gasteiger partial charge on any atom is 0.330 e. The van der Waals surface area contributed by atoms with Crippen LogP contribution in [-0.2, 0) is 19.9 Å². The smallest absolute Gasteiger partial charge is 0.330 e. The highest BCUT2D eigenvalue weighted by atomic mass is 19.1. The summed E-state index contributed by atoms with van der Waals surface area (Å²) in [6, 6.07) is 5.14. The lowest BCUT2D eigenvalue weighted by atomic mass is 9.91. The number of amides is 3. The number of hydrogen-bond acceptors (Lipinski definition) is 4. The van der Waals surface area contributed by atoms with E-state index < -0.39 is 29.3 Å². The quantitative estimate of drug-likeness (QED) is 0.520. The Hall–Kier alpha value is -2.70. The van der Waals surface area contributed by atoms with E-state index in [1.165, 1.54) is 38.3 Å². The molecule has 1 saturated heterocycles. The van der Waals surface area contributed by atoms with Crippen LogP contribution in [-0.4, -0.2) is 36.5 Å². The van der Waals surface area contributed by atoms with E-state index in [4.69, 9.17) is 0 Å². The number of imide groups is 1. The van der Waals surface area contributed by atoms with Crippen LogP contribution < -0.4 is 5.32 Å². The minimum atomic E-state index is -1.48. The number of urea groups is 1. The molecule has 0 radical (unpaired) electrons. The zero-order chi connectivity index (χ0) is 17.2. The van der Waals surface area contributed by atoms with Gasteiger partial charge in [-0.15, -0.1) is 0 Å². The Kier molecular flexibility index (Phi) is 4.49. The molecular formula is C16H17FN2O4. The number of hydrogen-bond donors (Lipinski definition) is 1. The molecule has 0 saturated carbocycles. The number of nitrogens with zero attached hydrogens (tertiary/aromatic N) is 1. The largest absolute Gasteiger partial charge is 0.466 e. The van der Waals surface area contributed by atoms with Crippen molar-refractivity contribution in [3.05, 3.63) is 47.3 Å². The summed E-state index contributed by atoms with van der Waals surface area (Å²) in [4.78, 5) is 36.9. The summed E-state index contributed by atoms with van der Waals surface area (Å²) in [6.45, 7) is 2.96. The zero-order valence-electron chi connectivity index (χ0n) is 13.1. The minimum absolute atomic E-state index is 0.0796. The van der Waals surface area contributed by atoms with Crippen LogP contribution in [0, 0.1) is 5.82 Å². The second kappa shape index (κ2) is 6.20. The van der Waals surface area contributed by atoms with Gasteiger partial charge in [0.2, 0.25) is 0 Å². The highest BCUT2D eigenvalue weighted by Crippen LogP contribution is 2.30. The normalized spacial score (nSPS) is 21.4. The lowest BCUT2D eigenvalue weighted by Crippen LogP contribution is -2.41. The Morgan fingerprint density at radius 1 is 1.39 bits per heavy atom. The van der Waals surface area contributed by atoms with Crippen molar-refractivity contribution in [1.29, 1.82) is 0 Å². The summed E-state index contributed by atoms with van der Waals surface area (Å²) < 4.78 is 18.5. The molecule has 1 aliphatic rings. The molecule has 6 nitrogen and oxygen atoms in total. The fraction of sp³-hybridized carbons (Fsp3) is 0.312. The summed E-state index contributed by atoms with van der Waals surface area (Å²) in [5.41, 5.74) is -0.915. The molecular weight excluding hydrogens is 303 g/mol. The maximum atomic E-state index is 14.0. The second-order valence-electron chi connectivity index (χ2n) is 5.44. The van der Waals surface area contributed by atoms with Gasteiger partial charge in [-0.3, -0.25) is 9.69 Å². The van der Waals surface area contributed by atoms with E-state index in [0.29, 0.717) is 5.57 Å². The molecule has 0 aromatic heterocycles.